The third kappa shape index (κ3) is 13.1. The normalized spacial score (nSPS) is 28.1. The average molecular weight is 571 g/mol. The maximum atomic E-state index is 12.4. The van der Waals surface area contributed by atoms with Crippen LogP contribution in [-0.2, 0) is 32.7 Å². The highest BCUT2D eigenvalue weighted by Crippen LogP contribution is 2.47. The van der Waals surface area contributed by atoms with E-state index in [2.05, 4.69) is 19.1 Å². The number of carbonyl (C=O) groups is 2. The standard InChI is InChI=1S/C24H43O13P/c1-3-4-5-6-7-8-9-10-11-12-13-18(26)36-17(14-34-16(2)25)15-35-38(32,33)37-24-22(30)20(28)19(27)21(29)23(24)31/h5-6,17,19-24,27-31H,3-4,7-15H2,1-2H3,(H,32,33)/b6-5-. The molecule has 0 aliphatic heterocycles. The second kappa shape index (κ2) is 18.0. The lowest BCUT2D eigenvalue weighted by atomic mass is 9.85. The van der Waals surface area contributed by atoms with Crippen LogP contribution in [0.4, 0.5) is 0 Å². The third-order valence-corrected chi connectivity index (χ3v) is 6.88. The fourth-order valence-corrected chi connectivity index (χ4v) is 4.69. The van der Waals surface area contributed by atoms with E-state index in [1.54, 1.807) is 0 Å². The van der Waals surface area contributed by atoms with Gasteiger partial charge < -0.3 is 39.9 Å². The van der Waals surface area contributed by atoms with Gasteiger partial charge in [0.2, 0.25) is 0 Å². The summed E-state index contributed by atoms with van der Waals surface area (Å²) in [5.74, 6) is -1.31. The quantitative estimate of drug-likeness (QED) is 0.0585. The van der Waals surface area contributed by atoms with Crippen molar-refractivity contribution < 1.29 is 63.1 Å². The number of aliphatic hydroxyl groups excluding tert-OH is 5. The van der Waals surface area contributed by atoms with Crippen LogP contribution in [0.2, 0.25) is 0 Å². The van der Waals surface area contributed by atoms with E-state index in [4.69, 9.17) is 18.5 Å². The second-order valence-electron chi connectivity index (χ2n) is 9.27. The zero-order chi connectivity index (χ0) is 28.7. The van der Waals surface area contributed by atoms with E-state index in [1.807, 2.05) is 0 Å². The monoisotopic (exact) mass is 570 g/mol. The fourth-order valence-electron chi connectivity index (χ4n) is 3.72. The predicted molar refractivity (Wildman–Crippen MR) is 134 cm³/mol. The van der Waals surface area contributed by atoms with E-state index in [1.165, 1.54) is 0 Å². The van der Waals surface area contributed by atoms with Crippen molar-refractivity contribution in [1.82, 2.24) is 0 Å². The molecule has 0 bridgehead atoms. The average Bonchev–Trinajstić information content (AvgIpc) is 2.87. The van der Waals surface area contributed by atoms with Crippen LogP contribution >= 0.6 is 7.82 Å². The van der Waals surface area contributed by atoms with Crippen LogP contribution in [0.25, 0.3) is 0 Å². The Labute approximate surface area is 223 Å². The van der Waals surface area contributed by atoms with Crippen LogP contribution in [0.5, 0.6) is 0 Å². The van der Waals surface area contributed by atoms with Crippen LogP contribution in [-0.4, -0.2) is 98.3 Å². The molecule has 0 radical (unpaired) electrons. The Morgan fingerprint density at radius 1 is 0.842 bits per heavy atom. The predicted octanol–water partition coefficient (Wildman–Crippen LogP) is 0.869. The molecule has 222 valence electrons. The van der Waals surface area contributed by atoms with Gasteiger partial charge in [-0.1, -0.05) is 44.8 Å². The molecule has 1 saturated carbocycles. The van der Waals surface area contributed by atoms with Crippen LogP contribution in [0.15, 0.2) is 12.2 Å². The van der Waals surface area contributed by atoms with Gasteiger partial charge in [-0.3, -0.25) is 18.6 Å². The van der Waals surface area contributed by atoms with E-state index < -0.39 is 75.7 Å². The van der Waals surface area contributed by atoms with Crippen LogP contribution in [0.1, 0.15) is 71.6 Å². The molecule has 6 unspecified atom stereocenters. The van der Waals surface area contributed by atoms with Crippen molar-refractivity contribution in [2.24, 2.45) is 0 Å². The molecule has 38 heavy (non-hydrogen) atoms. The number of allylic oxidation sites excluding steroid dienone is 2. The molecule has 0 spiro atoms. The van der Waals surface area contributed by atoms with Crippen molar-refractivity contribution in [3.8, 4) is 0 Å². The Morgan fingerprint density at radius 2 is 1.39 bits per heavy atom. The van der Waals surface area contributed by atoms with Gasteiger partial charge in [0.15, 0.2) is 6.10 Å². The summed E-state index contributed by atoms with van der Waals surface area (Å²) in [5.41, 5.74) is 0. The number of rotatable bonds is 18. The first-order chi connectivity index (χ1) is 17.9. The molecule has 0 heterocycles. The molecule has 1 aliphatic rings. The zero-order valence-corrected chi connectivity index (χ0v) is 22.9. The SMILES string of the molecule is CCC/C=C\CCCCCCCC(=O)OC(COC(C)=O)COP(=O)(O)OC1C(O)C(O)C(O)C(O)C1O. The molecule has 6 N–H and O–H groups in total. The van der Waals surface area contributed by atoms with Crippen molar-refractivity contribution in [3.63, 3.8) is 0 Å². The highest BCUT2D eigenvalue weighted by molar-refractivity contribution is 7.47. The molecule has 0 saturated heterocycles. The molecule has 0 aromatic rings. The number of esters is 2. The van der Waals surface area contributed by atoms with Crippen molar-refractivity contribution in [1.29, 1.82) is 0 Å². The van der Waals surface area contributed by atoms with Gasteiger partial charge >= 0.3 is 19.8 Å². The number of aliphatic hydroxyl groups is 5. The van der Waals surface area contributed by atoms with Gasteiger partial charge in [0, 0.05) is 13.3 Å². The van der Waals surface area contributed by atoms with Crippen LogP contribution in [0.3, 0.4) is 0 Å². The summed E-state index contributed by atoms with van der Waals surface area (Å²) in [6, 6.07) is 0. The minimum Gasteiger partial charge on any atom is -0.462 e. The minimum absolute atomic E-state index is 0.0822. The summed E-state index contributed by atoms with van der Waals surface area (Å²) >= 11 is 0. The third-order valence-electron chi connectivity index (χ3n) is 5.90. The van der Waals surface area contributed by atoms with Crippen LogP contribution < -0.4 is 0 Å². The molecule has 0 aromatic heterocycles. The van der Waals surface area contributed by atoms with Gasteiger partial charge in [-0.05, 0) is 25.7 Å². The van der Waals surface area contributed by atoms with Crippen LogP contribution in [0, 0.1) is 0 Å². The Morgan fingerprint density at radius 3 is 2.00 bits per heavy atom. The Hall–Kier alpha value is -1.41. The van der Waals surface area contributed by atoms with Crippen molar-refractivity contribution in [2.75, 3.05) is 13.2 Å². The fraction of sp³-hybridized carbons (Fsp3) is 0.833. The maximum absolute atomic E-state index is 12.4. The summed E-state index contributed by atoms with van der Waals surface area (Å²) in [4.78, 5) is 33.4. The minimum atomic E-state index is -5.06. The molecule has 6 atom stereocenters. The highest BCUT2D eigenvalue weighted by Gasteiger charge is 2.51. The number of phosphoric ester groups is 1. The number of hydrogen-bond acceptors (Lipinski definition) is 12. The second-order valence-corrected chi connectivity index (χ2v) is 10.7. The number of unbranched alkanes of at least 4 members (excludes halogenated alkanes) is 6. The molecule has 1 fully saturated rings. The molecule has 1 aliphatic carbocycles. The van der Waals surface area contributed by atoms with E-state index >= 15 is 0 Å². The summed E-state index contributed by atoms with van der Waals surface area (Å²) in [6.45, 7) is 2.04. The van der Waals surface area contributed by atoms with E-state index in [9.17, 15) is 44.6 Å². The molecule has 0 aromatic carbocycles. The van der Waals surface area contributed by atoms with Gasteiger partial charge in [0.25, 0.3) is 0 Å². The summed E-state index contributed by atoms with van der Waals surface area (Å²) < 4.78 is 31.9. The Balaban J connectivity index is 2.51. The highest BCUT2D eigenvalue weighted by atomic mass is 31.2. The molecular weight excluding hydrogens is 527 g/mol. The van der Waals surface area contributed by atoms with Gasteiger partial charge in [0.05, 0.1) is 6.61 Å². The summed E-state index contributed by atoms with van der Waals surface area (Å²) in [5, 5.41) is 49.0. The van der Waals surface area contributed by atoms with Gasteiger partial charge in [-0.15, -0.1) is 0 Å². The number of carbonyl (C=O) groups excluding carboxylic acids is 2. The van der Waals surface area contributed by atoms with Gasteiger partial charge in [0.1, 0.15) is 43.2 Å². The van der Waals surface area contributed by atoms with Crippen molar-refractivity contribution in [3.05, 3.63) is 12.2 Å². The summed E-state index contributed by atoms with van der Waals surface area (Å²) in [7, 11) is -5.06. The molecule has 0 amide bonds. The van der Waals surface area contributed by atoms with Gasteiger partial charge in [-0.2, -0.15) is 0 Å². The first-order valence-corrected chi connectivity index (χ1v) is 14.4. The van der Waals surface area contributed by atoms with Gasteiger partial charge in [-0.25, -0.2) is 4.57 Å². The van der Waals surface area contributed by atoms with Crippen molar-refractivity contribution >= 4 is 19.8 Å². The maximum Gasteiger partial charge on any atom is 0.472 e. The number of hydrogen-bond donors (Lipinski definition) is 6. The molecule has 14 heteroatoms. The lowest BCUT2D eigenvalue weighted by molar-refractivity contribution is -0.220. The molecule has 13 nitrogen and oxygen atoms in total. The summed E-state index contributed by atoms with van der Waals surface area (Å²) in [6.07, 6.45) is -1.03. The molecular formula is C24H43O13P. The zero-order valence-electron chi connectivity index (χ0n) is 22.0. The first-order valence-electron chi connectivity index (χ1n) is 12.9. The first kappa shape index (κ1) is 34.6. The number of ether oxygens (including phenoxy) is 2. The van der Waals surface area contributed by atoms with E-state index in [0.717, 1.165) is 51.9 Å². The van der Waals surface area contributed by atoms with E-state index in [-0.39, 0.29) is 6.42 Å². The lowest BCUT2D eigenvalue weighted by Gasteiger charge is -2.41. The smallest absolute Gasteiger partial charge is 0.462 e. The van der Waals surface area contributed by atoms with E-state index in [0.29, 0.717) is 6.42 Å². The van der Waals surface area contributed by atoms with Crippen molar-refractivity contribution in [2.45, 2.75) is 114 Å². The lowest BCUT2D eigenvalue weighted by Crippen LogP contribution is -2.64. The molecule has 1 rings (SSSR count). The largest absolute Gasteiger partial charge is 0.472 e. The number of phosphoric acid groups is 1. The topological polar surface area (TPSA) is 210 Å². The Bertz CT molecular complexity index is 760. The Kier molecular flexibility index (Phi) is 16.4.